The molecule has 1 aromatic carbocycles. The summed E-state index contributed by atoms with van der Waals surface area (Å²) < 4.78 is 20.9. The molecule has 1 aliphatic heterocycles. The molecule has 1 heterocycles. The summed E-state index contributed by atoms with van der Waals surface area (Å²) in [4.78, 5) is 37.5. The van der Waals surface area contributed by atoms with Crippen LogP contribution >= 0.6 is 11.8 Å². The average Bonchev–Trinajstić information content (AvgIpc) is 2.88. The van der Waals surface area contributed by atoms with E-state index in [1.165, 1.54) is 27.4 Å². The van der Waals surface area contributed by atoms with Crippen LogP contribution in [-0.4, -0.2) is 56.0 Å². The van der Waals surface area contributed by atoms with Crippen molar-refractivity contribution in [2.24, 2.45) is 0 Å². The fourth-order valence-corrected chi connectivity index (χ4v) is 3.19. The number of thioether (sulfide) groups is 1. The van der Waals surface area contributed by atoms with Crippen molar-refractivity contribution < 1.29 is 33.3 Å². The van der Waals surface area contributed by atoms with Crippen molar-refractivity contribution in [1.29, 1.82) is 0 Å². The van der Waals surface area contributed by atoms with Gasteiger partial charge in [-0.3, -0.25) is 19.3 Å². The zero-order valence-electron chi connectivity index (χ0n) is 15.7. The third kappa shape index (κ3) is 4.73. The number of carbonyl (C=O) groups excluding carboxylic acids is 3. The molecule has 0 N–H and O–H groups in total. The van der Waals surface area contributed by atoms with Gasteiger partial charge in [0.05, 0.1) is 37.9 Å². The van der Waals surface area contributed by atoms with Gasteiger partial charge in [0.1, 0.15) is 23.8 Å². The number of benzene rings is 1. The predicted molar refractivity (Wildman–Crippen MR) is 100 cm³/mol. The Morgan fingerprint density at radius 3 is 2.19 bits per heavy atom. The van der Waals surface area contributed by atoms with E-state index in [-0.39, 0.29) is 11.0 Å². The molecular weight excluding hydrogens is 374 g/mol. The molecule has 2 rings (SSSR count). The summed E-state index contributed by atoms with van der Waals surface area (Å²) in [6, 6.07) is 3.28. The molecule has 2 amide bonds. The maximum absolute atomic E-state index is 12.6. The highest BCUT2D eigenvalue weighted by atomic mass is 32.2. The summed E-state index contributed by atoms with van der Waals surface area (Å²) in [5, 5.41) is -0.543. The van der Waals surface area contributed by atoms with Crippen LogP contribution in [0.1, 0.15) is 19.4 Å². The number of rotatable bonds is 7. The van der Waals surface area contributed by atoms with Gasteiger partial charge in [0.2, 0.25) is 0 Å². The largest absolute Gasteiger partial charge is 0.496 e. The van der Waals surface area contributed by atoms with Crippen LogP contribution in [0.25, 0.3) is 6.08 Å². The molecule has 1 fully saturated rings. The Kier molecular flexibility index (Phi) is 6.73. The highest BCUT2D eigenvalue weighted by molar-refractivity contribution is 8.18. The van der Waals surface area contributed by atoms with Gasteiger partial charge in [-0.1, -0.05) is 0 Å². The van der Waals surface area contributed by atoms with E-state index in [0.29, 0.717) is 22.8 Å². The Hall–Kier alpha value is -2.68. The first-order chi connectivity index (χ1) is 12.8. The van der Waals surface area contributed by atoms with Gasteiger partial charge < -0.3 is 18.9 Å². The van der Waals surface area contributed by atoms with Crippen molar-refractivity contribution in [1.82, 2.24) is 4.90 Å². The summed E-state index contributed by atoms with van der Waals surface area (Å²) in [6.07, 6.45) is 1.16. The monoisotopic (exact) mass is 395 g/mol. The Morgan fingerprint density at radius 1 is 1.11 bits per heavy atom. The van der Waals surface area contributed by atoms with Gasteiger partial charge >= 0.3 is 5.97 Å². The van der Waals surface area contributed by atoms with Crippen molar-refractivity contribution in [2.45, 2.75) is 20.0 Å². The van der Waals surface area contributed by atoms with Crippen molar-refractivity contribution in [3.63, 3.8) is 0 Å². The summed E-state index contributed by atoms with van der Waals surface area (Å²) in [5.74, 6) is 0.124. The quantitative estimate of drug-likeness (QED) is 0.514. The third-order valence-electron chi connectivity index (χ3n) is 3.56. The first-order valence-corrected chi connectivity index (χ1v) is 8.87. The fourth-order valence-electron chi connectivity index (χ4n) is 2.37. The van der Waals surface area contributed by atoms with E-state index in [2.05, 4.69) is 0 Å². The Bertz CT molecular complexity index is 763. The maximum atomic E-state index is 12.6. The molecule has 27 heavy (non-hydrogen) atoms. The van der Waals surface area contributed by atoms with Crippen molar-refractivity contribution >= 4 is 35.0 Å². The van der Waals surface area contributed by atoms with Gasteiger partial charge in [0.25, 0.3) is 11.1 Å². The number of esters is 1. The molecule has 0 saturated carbocycles. The molecule has 8 nitrogen and oxygen atoms in total. The van der Waals surface area contributed by atoms with E-state index >= 15 is 0 Å². The van der Waals surface area contributed by atoms with E-state index in [0.717, 1.165) is 16.7 Å². The van der Waals surface area contributed by atoms with Crippen LogP contribution < -0.4 is 14.2 Å². The third-order valence-corrected chi connectivity index (χ3v) is 4.46. The molecule has 9 heteroatoms. The zero-order valence-corrected chi connectivity index (χ0v) is 16.5. The Labute approximate surface area is 161 Å². The van der Waals surface area contributed by atoms with E-state index < -0.39 is 23.7 Å². The van der Waals surface area contributed by atoms with Crippen LogP contribution in [0.15, 0.2) is 17.0 Å². The van der Waals surface area contributed by atoms with Crippen molar-refractivity contribution in [3.8, 4) is 17.2 Å². The second-order valence-corrected chi connectivity index (χ2v) is 6.75. The number of amides is 2. The first-order valence-electron chi connectivity index (χ1n) is 8.05. The first kappa shape index (κ1) is 20.6. The van der Waals surface area contributed by atoms with Crippen LogP contribution in [0.2, 0.25) is 0 Å². The molecule has 0 radical (unpaired) electrons. The number of methoxy groups -OCH3 is 3. The minimum absolute atomic E-state index is 0.152. The molecule has 0 bridgehead atoms. The average molecular weight is 395 g/mol. The van der Waals surface area contributed by atoms with E-state index in [9.17, 15) is 14.4 Å². The summed E-state index contributed by atoms with van der Waals surface area (Å²) in [5.41, 5.74) is 0.482. The topological polar surface area (TPSA) is 91.4 Å². The second-order valence-electron chi connectivity index (χ2n) is 5.75. The minimum atomic E-state index is -0.645. The summed E-state index contributed by atoms with van der Waals surface area (Å²) in [6.45, 7) is 2.94. The van der Waals surface area contributed by atoms with Gasteiger partial charge in [-0.05, 0) is 31.7 Å². The lowest BCUT2D eigenvalue weighted by Crippen LogP contribution is -2.35. The fraction of sp³-hybridized carbons (Fsp3) is 0.389. The second kappa shape index (κ2) is 8.81. The number of hydrogen-bond donors (Lipinski definition) is 0. The standard InChI is InChI=1S/C18H21NO7S/c1-10(2)26-16(20)9-19-17(21)15(27-18(19)22)8-12-13(24-4)6-11(23-3)7-14(12)25-5/h6-8,10H,9H2,1-5H3/b15-8+. The van der Waals surface area contributed by atoms with Crippen LogP contribution in [0.3, 0.4) is 0 Å². The molecule has 1 aromatic rings. The molecule has 1 saturated heterocycles. The molecule has 0 atom stereocenters. The molecule has 146 valence electrons. The van der Waals surface area contributed by atoms with E-state index in [4.69, 9.17) is 18.9 Å². The molecular formula is C18H21NO7S. The molecule has 0 spiro atoms. The number of carbonyl (C=O) groups is 3. The number of nitrogens with zero attached hydrogens (tertiary/aromatic N) is 1. The lowest BCUT2D eigenvalue weighted by atomic mass is 10.1. The van der Waals surface area contributed by atoms with Crippen LogP contribution in [0.4, 0.5) is 4.79 Å². The van der Waals surface area contributed by atoms with Crippen LogP contribution in [-0.2, 0) is 14.3 Å². The van der Waals surface area contributed by atoms with Gasteiger partial charge in [0, 0.05) is 12.1 Å². The molecule has 1 aliphatic rings. The Morgan fingerprint density at radius 2 is 1.70 bits per heavy atom. The highest BCUT2D eigenvalue weighted by Gasteiger charge is 2.37. The van der Waals surface area contributed by atoms with Crippen LogP contribution in [0.5, 0.6) is 17.2 Å². The zero-order chi connectivity index (χ0) is 20.1. The predicted octanol–water partition coefficient (Wildman–Crippen LogP) is 2.70. The normalized spacial score (nSPS) is 15.5. The minimum Gasteiger partial charge on any atom is -0.496 e. The molecule has 0 unspecified atom stereocenters. The van der Waals surface area contributed by atoms with Gasteiger partial charge in [-0.25, -0.2) is 0 Å². The van der Waals surface area contributed by atoms with Crippen molar-refractivity contribution in [3.05, 3.63) is 22.6 Å². The van der Waals surface area contributed by atoms with Crippen molar-refractivity contribution in [2.75, 3.05) is 27.9 Å². The summed E-state index contributed by atoms with van der Waals surface area (Å²) in [7, 11) is 4.45. The van der Waals surface area contributed by atoms with Gasteiger partial charge in [-0.15, -0.1) is 0 Å². The van der Waals surface area contributed by atoms with E-state index in [1.54, 1.807) is 26.0 Å². The molecule has 0 aliphatic carbocycles. The highest BCUT2D eigenvalue weighted by Crippen LogP contribution is 2.39. The maximum Gasteiger partial charge on any atom is 0.326 e. The lowest BCUT2D eigenvalue weighted by Gasteiger charge is -2.14. The number of hydrogen-bond acceptors (Lipinski definition) is 8. The SMILES string of the molecule is COc1cc(OC)c(/C=C2/SC(=O)N(CC(=O)OC(C)C)C2=O)c(OC)c1. The molecule has 0 aromatic heterocycles. The number of ether oxygens (including phenoxy) is 4. The number of imide groups is 1. The smallest absolute Gasteiger partial charge is 0.326 e. The lowest BCUT2D eigenvalue weighted by molar-refractivity contribution is -0.149. The van der Waals surface area contributed by atoms with E-state index in [1.807, 2.05) is 0 Å². The Balaban J connectivity index is 2.34. The van der Waals surface area contributed by atoms with Gasteiger partial charge in [-0.2, -0.15) is 0 Å². The summed E-state index contributed by atoms with van der Waals surface area (Å²) >= 11 is 0.734. The van der Waals surface area contributed by atoms with Crippen LogP contribution in [0, 0.1) is 0 Å². The van der Waals surface area contributed by atoms with Gasteiger partial charge in [0.15, 0.2) is 0 Å².